The van der Waals surface area contributed by atoms with Gasteiger partial charge in [0, 0.05) is 31.5 Å². The van der Waals surface area contributed by atoms with Crippen LogP contribution in [0.4, 0.5) is 10.1 Å². The third-order valence-corrected chi connectivity index (χ3v) is 3.43. The third-order valence-electron chi connectivity index (χ3n) is 3.14. The minimum absolute atomic E-state index is 0.106. The highest BCUT2D eigenvalue weighted by molar-refractivity contribution is 6.31. The summed E-state index contributed by atoms with van der Waals surface area (Å²) in [5.41, 5.74) is 1.26. The molecule has 0 atom stereocenters. The van der Waals surface area contributed by atoms with Crippen molar-refractivity contribution in [2.75, 3.05) is 11.4 Å². The molecule has 0 aliphatic rings. The lowest BCUT2D eigenvalue weighted by molar-refractivity contribution is -0.123. The van der Waals surface area contributed by atoms with Gasteiger partial charge in [-0.25, -0.2) is 4.39 Å². The average Bonchev–Trinajstić information content (AvgIpc) is 2.54. The maximum atomic E-state index is 13.2. The van der Waals surface area contributed by atoms with Crippen molar-refractivity contribution in [1.29, 1.82) is 0 Å². The minimum atomic E-state index is -0.582. The predicted molar refractivity (Wildman–Crippen MR) is 85.5 cm³/mol. The fraction of sp³-hybridized carbons (Fsp3) is 0.188. The van der Waals surface area contributed by atoms with Crippen molar-refractivity contribution in [2.24, 2.45) is 0 Å². The molecule has 0 aliphatic carbocycles. The number of nitrogens with one attached hydrogen (secondary N) is 1. The Balaban J connectivity index is 2.02. The molecule has 120 valence electrons. The van der Waals surface area contributed by atoms with E-state index in [1.54, 1.807) is 24.5 Å². The summed E-state index contributed by atoms with van der Waals surface area (Å²) in [7, 11) is 0. The second kappa shape index (κ2) is 7.69. The summed E-state index contributed by atoms with van der Waals surface area (Å²) in [4.78, 5) is 28.9. The number of rotatable bonds is 5. The van der Waals surface area contributed by atoms with Crippen LogP contribution in [-0.4, -0.2) is 23.3 Å². The Hall–Kier alpha value is -2.47. The number of halogens is 2. The molecule has 23 heavy (non-hydrogen) atoms. The molecule has 0 radical (unpaired) electrons. The van der Waals surface area contributed by atoms with Gasteiger partial charge in [-0.1, -0.05) is 11.6 Å². The van der Waals surface area contributed by atoms with Crippen molar-refractivity contribution in [3.05, 3.63) is 59.1 Å². The van der Waals surface area contributed by atoms with Gasteiger partial charge in [-0.05, 0) is 35.9 Å². The average molecular weight is 336 g/mol. The van der Waals surface area contributed by atoms with Crippen molar-refractivity contribution in [2.45, 2.75) is 13.5 Å². The van der Waals surface area contributed by atoms with Crippen LogP contribution in [-0.2, 0) is 16.1 Å². The van der Waals surface area contributed by atoms with Gasteiger partial charge >= 0.3 is 0 Å². The number of hydrogen-bond donors (Lipinski definition) is 1. The number of nitrogens with zero attached hydrogens (tertiary/aromatic N) is 2. The van der Waals surface area contributed by atoms with Crippen molar-refractivity contribution in [1.82, 2.24) is 10.3 Å². The van der Waals surface area contributed by atoms with E-state index in [1.807, 2.05) is 0 Å². The first-order valence-electron chi connectivity index (χ1n) is 6.86. The lowest BCUT2D eigenvalue weighted by atomic mass is 10.2. The highest BCUT2D eigenvalue weighted by Gasteiger charge is 2.16. The summed E-state index contributed by atoms with van der Waals surface area (Å²) in [5, 5.41) is 2.61. The quantitative estimate of drug-likeness (QED) is 0.913. The number of hydrogen-bond acceptors (Lipinski definition) is 3. The SMILES string of the molecule is CC(=O)N(CC(=O)NCc1ccncc1)c1ccc(F)c(Cl)c1. The number of benzene rings is 1. The molecule has 7 heteroatoms. The number of carbonyl (C=O) groups is 2. The summed E-state index contributed by atoms with van der Waals surface area (Å²) < 4.78 is 13.2. The summed E-state index contributed by atoms with van der Waals surface area (Å²) in [6, 6.07) is 7.43. The minimum Gasteiger partial charge on any atom is -0.350 e. The number of carbonyl (C=O) groups excluding carboxylic acids is 2. The van der Waals surface area contributed by atoms with Crippen LogP contribution >= 0.6 is 11.6 Å². The molecular weight excluding hydrogens is 321 g/mol. The van der Waals surface area contributed by atoms with Gasteiger partial charge in [0.2, 0.25) is 11.8 Å². The zero-order chi connectivity index (χ0) is 16.8. The molecule has 2 rings (SSSR count). The van der Waals surface area contributed by atoms with Crippen molar-refractivity contribution >= 4 is 29.1 Å². The molecule has 0 spiro atoms. The van der Waals surface area contributed by atoms with Crippen LogP contribution in [0.5, 0.6) is 0 Å². The van der Waals surface area contributed by atoms with E-state index < -0.39 is 5.82 Å². The third kappa shape index (κ3) is 4.75. The summed E-state index contributed by atoms with van der Waals surface area (Å²) in [6.07, 6.45) is 3.26. The number of pyridine rings is 1. The molecule has 0 saturated carbocycles. The highest BCUT2D eigenvalue weighted by atomic mass is 35.5. The highest BCUT2D eigenvalue weighted by Crippen LogP contribution is 2.22. The van der Waals surface area contributed by atoms with E-state index in [-0.39, 0.29) is 23.4 Å². The van der Waals surface area contributed by atoms with E-state index in [0.717, 1.165) is 11.6 Å². The summed E-state index contributed by atoms with van der Waals surface area (Å²) in [6.45, 7) is 1.48. The van der Waals surface area contributed by atoms with Crippen molar-refractivity contribution < 1.29 is 14.0 Å². The molecule has 2 aromatic rings. The summed E-state index contributed by atoms with van der Waals surface area (Å²) >= 11 is 5.72. The molecule has 0 unspecified atom stereocenters. The zero-order valence-electron chi connectivity index (χ0n) is 12.4. The first-order valence-corrected chi connectivity index (χ1v) is 7.24. The molecule has 1 aromatic heterocycles. The van der Waals surface area contributed by atoms with E-state index in [0.29, 0.717) is 12.2 Å². The Morgan fingerprint density at radius 3 is 2.57 bits per heavy atom. The molecule has 1 heterocycles. The molecular formula is C16H15ClFN3O2. The fourth-order valence-electron chi connectivity index (χ4n) is 1.94. The van der Waals surface area contributed by atoms with Crippen molar-refractivity contribution in [3.8, 4) is 0 Å². The lowest BCUT2D eigenvalue weighted by Crippen LogP contribution is -2.39. The van der Waals surface area contributed by atoms with Gasteiger partial charge in [-0.15, -0.1) is 0 Å². The van der Waals surface area contributed by atoms with E-state index >= 15 is 0 Å². The Morgan fingerprint density at radius 1 is 1.26 bits per heavy atom. The van der Waals surface area contributed by atoms with Crippen molar-refractivity contribution in [3.63, 3.8) is 0 Å². The molecule has 1 N–H and O–H groups in total. The maximum absolute atomic E-state index is 13.2. The topological polar surface area (TPSA) is 62.3 Å². The first-order chi connectivity index (χ1) is 11.0. The Bertz CT molecular complexity index is 710. The van der Waals surface area contributed by atoms with Gasteiger partial charge < -0.3 is 10.2 Å². The molecule has 0 bridgehead atoms. The first kappa shape index (κ1) is 16.9. The normalized spacial score (nSPS) is 10.2. The van der Waals surface area contributed by atoms with Gasteiger partial charge in [0.05, 0.1) is 5.02 Å². The number of aromatic nitrogens is 1. The Morgan fingerprint density at radius 2 is 1.96 bits per heavy atom. The number of anilines is 1. The Labute approximate surface area is 138 Å². The smallest absolute Gasteiger partial charge is 0.240 e. The fourth-order valence-corrected chi connectivity index (χ4v) is 2.11. The lowest BCUT2D eigenvalue weighted by Gasteiger charge is -2.21. The van der Waals surface area contributed by atoms with E-state index in [1.165, 1.54) is 24.0 Å². The van der Waals surface area contributed by atoms with Crippen LogP contribution in [0.15, 0.2) is 42.7 Å². The molecule has 2 amide bonds. The molecule has 0 aliphatic heterocycles. The second-order valence-electron chi connectivity index (χ2n) is 4.84. The second-order valence-corrected chi connectivity index (χ2v) is 5.24. The zero-order valence-corrected chi connectivity index (χ0v) is 13.2. The van der Waals surface area contributed by atoms with E-state index in [4.69, 9.17) is 11.6 Å². The van der Waals surface area contributed by atoms with Gasteiger partial charge in [0.1, 0.15) is 12.4 Å². The van der Waals surface area contributed by atoms with Crippen LogP contribution in [0, 0.1) is 5.82 Å². The van der Waals surface area contributed by atoms with Crippen LogP contribution in [0.25, 0.3) is 0 Å². The standard InChI is InChI=1S/C16H15ClFN3O2/c1-11(22)21(13-2-3-15(18)14(17)8-13)10-16(23)20-9-12-4-6-19-7-5-12/h2-8H,9-10H2,1H3,(H,20,23). The molecule has 0 saturated heterocycles. The summed E-state index contributed by atoms with van der Waals surface area (Å²) in [5.74, 6) is -1.26. The van der Waals surface area contributed by atoms with Gasteiger partial charge in [-0.2, -0.15) is 0 Å². The number of amides is 2. The maximum Gasteiger partial charge on any atom is 0.240 e. The van der Waals surface area contributed by atoms with Gasteiger partial charge in [0.25, 0.3) is 0 Å². The van der Waals surface area contributed by atoms with Crippen LogP contribution < -0.4 is 10.2 Å². The predicted octanol–water partition coefficient (Wildman–Crippen LogP) is 2.54. The monoisotopic (exact) mass is 335 g/mol. The Kier molecular flexibility index (Phi) is 5.65. The van der Waals surface area contributed by atoms with Gasteiger partial charge in [0.15, 0.2) is 0 Å². The van der Waals surface area contributed by atoms with Crippen LogP contribution in [0.1, 0.15) is 12.5 Å². The van der Waals surface area contributed by atoms with Crippen LogP contribution in [0.2, 0.25) is 5.02 Å². The largest absolute Gasteiger partial charge is 0.350 e. The van der Waals surface area contributed by atoms with Crippen LogP contribution in [0.3, 0.4) is 0 Å². The van der Waals surface area contributed by atoms with Gasteiger partial charge in [-0.3, -0.25) is 14.6 Å². The van der Waals surface area contributed by atoms with E-state index in [9.17, 15) is 14.0 Å². The molecule has 5 nitrogen and oxygen atoms in total. The molecule has 1 aromatic carbocycles. The van der Waals surface area contributed by atoms with E-state index in [2.05, 4.69) is 10.3 Å². The molecule has 0 fully saturated rings.